The van der Waals surface area contributed by atoms with Crippen LogP contribution in [0.4, 0.5) is 8.78 Å². The predicted molar refractivity (Wildman–Crippen MR) is 132 cm³/mol. The lowest BCUT2D eigenvalue weighted by Crippen LogP contribution is -2.57. The van der Waals surface area contributed by atoms with Crippen LogP contribution >= 0.6 is 0 Å². The average molecular weight is 508 g/mol. The molecular weight excluding hydrogens is 480 g/mol. The molecule has 192 valence electrons. The molecule has 2 aliphatic rings. The third kappa shape index (κ3) is 4.64. The van der Waals surface area contributed by atoms with E-state index < -0.39 is 12.6 Å². The van der Waals surface area contributed by atoms with Gasteiger partial charge in [-0.1, -0.05) is 18.1 Å². The summed E-state index contributed by atoms with van der Waals surface area (Å²) in [6.45, 7) is 0.760. The summed E-state index contributed by atoms with van der Waals surface area (Å²) in [5.41, 5.74) is 2.72. The van der Waals surface area contributed by atoms with Gasteiger partial charge in [0.1, 0.15) is 5.75 Å². The first-order chi connectivity index (χ1) is 17.7. The number of nitrogens with zero attached hydrogens (tertiary/aromatic N) is 2. The molecule has 37 heavy (non-hydrogen) atoms. The Morgan fingerprint density at radius 3 is 2.49 bits per heavy atom. The zero-order chi connectivity index (χ0) is 26.3. The Balaban J connectivity index is 1.40. The largest absolute Gasteiger partial charge is 0.481 e. The molecule has 0 radical (unpaired) electrons. The first-order valence-corrected chi connectivity index (χ1v) is 12.2. The number of ether oxygens (including phenoxy) is 1. The number of hydrogen-bond acceptors (Lipinski definition) is 4. The Hall–Kier alpha value is -3.93. The number of alkyl halides is 2. The van der Waals surface area contributed by atoms with Gasteiger partial charge in [0, 0.05) is 17.0 Å². The summed E-state index contributed by atoms with van der Waals surface area (Å²) < 4.78 is 31.2. The second kappa shape index (κ2) is 9.51. The zero-order valence-corrected chi connectivity index (χ0v) is 20.5. The van der Waals surface area contributed by atoms with Crippen molar-refractivity contribution < 1.29 is 28.2 Å². The maximum Gasteiger partial charge on any atom is 0.387 e. The van der Waals surface area contributed by atoms with E-state index in [0.717, 1.165) is 29.4 Å². The smallest absolute Gasteiger partial charge is 0.387 e. The molecule has 0 saturated heterocycles. The van der Waals surface area contributed by atoms with Crippen molar-refractivity contribution in [1.29, 1.82) is 0 Å². The highest BCUT2D eigenvalue weighted by atomic mass is 19.3. The Bertz CT molecular complexity index is 1410. The number of aromatic nitrogens is 2. The topological polar surface area (TPSA) is 93.5 Å². The van der Waals surface area contributed by atoms with Crippen LogP contribution in [-0.4, -0.2) is 39.4 Å². The van der Waals surface area contributed by atoms with Crippen LogP contribution in [0, 0.1) is 23.2 Å². The first-order valence-electron chi connectivity index (χ1n) is 12.2. The summed E-state index contributed by atoms with van der Waals surface area (Å²) in [6, 6.07) is 9.62. The lowest BCUT2D eigenvalue weighted by atomic mass is 9.50. The van der Waals surface area contributed by atoms with E-state index in [0.29, 0.717) is 23.9 Å². The van der Waals surface area contributed by atoms with Crippen LogP contribution in [0.2, 0.25) is 0 Å². The molecule has 0 aliphatic heterocycles. The number of amides is 1. The molecule has 9 heteroatoms. The predicted octanol–water partition coefficient (Wildman–Crippen LogP) is 4.99. The van der Waals surface area contributed by atoms with Crippen LogP contribution in [-0.2, 0) is 4.79 Å². The van der Waals surface area contributed by atoms with Gasteiger partial charge in [0.2, 0.25) is 0 Å². The highest BCUT2D eigenvalue weighted by Gasteiger charge is 2.55. The van der Waals surface area contributed by atoms with E-state index in [2.05, 4.69) is 27.0 Å². The summed E-state index contributed by atoms with van der Waals surface area (Å²) >= 11 is 0. The summed E-state index contributed by atoms with van der Waals surface area (Å²) in [7, 11) is 0. The fourth-order valence-electron chi connectivity index (χ4n) is 5.80. The van der Waals surface area contributed by atoms with Crippen molar-refractivity contribution in [3.05, 3.63) is 59.3 Å². The van der Waals surface area contributed by atoms with E-state index in [1.807, 2.05) is 13.0 Å². The summed E-state index contributed by atoms with van der Waals surface area (Å²) in [5.74, 6) is 4.80. The van der Waals surface area contributed by atoms with Crippen molar-refractivity contribution >= 4 is 22.8 Å². The Labute approximate surface area is 212 Å². The van der Waals surface area contributed by atoms with Gasteiger partial charge in [0.15, 0.2) is 0 Å². The Kier molecular flexibility index (Phi) is 6.36. The minimum Gasteiger partial charge on any atom is -0.481 e. The number of fused-ring (bicyclic) bond motifs is 1. The van der Waals surface area contributed by atoms with Crippen LogP contribution in [0.25, 0.3) is 10.9 Å². The Morgan fingerprint density at radius 2 is 1.86 bits per heavy atom. The monoisotopic (exact) mass is 507 g/mol. The minimum atomic E-state index is -2.90. The molecule has 1 aromatic heterocycles. The van der Waals surface area contributed by atoms with Gasteiger partial charge >= 0.3 is 12.6 Å². The van der Waals surface area contributed by atoms with Crippen molar-refractivity contribution in [2.75, 3.05) is 0 Å². The van der Waals surface area contributed by atoms with Crippen LogP contribution in [0.3, 0.4) is 0 Å². The third-order valence-corrected chi connectivity index (χ3v) is 7.62. The molecule has 7 nitrogen and oxygen atoms in total. The van der Waals surface area contributed by atoms with Crippen LogP contribution in [0.1, 0.15) is 67.1 Å². The summed E-state index contributed by atoms with van der Waals surface area (Å²) in [4.78, 5) is 24.6. The molecule has 5 rings (SSSR count). The van der Waals surface area contributed by atoms with Crippen molar-refractivity contribution in [2.24, 2.45) is 11.3 Å². The molecule has 1 amide bonds. The molecule has 1 heterocycles. The van der Waals surface area contributed by atoms with Crippen molar-refractivity contribution in [1.82, 2.24) is 15.1 Å². The highest BCUT2D eigenvalue weighted by molar-refractivity contribution is 6.07. The SMILES string of the molecule is CC#Cc1ccc(C(=O)NC2CC3(C2)CC(C(=O)O)C3)c2c1cnn2C(C)c1ccc(OC(F)F)cc1. The molecular formula is C28H27F2N3O4. The van der Waals surface area contributed by atoms with Gasteiger partial charge in [-0.25, -0.2) is 0 Å². The molecule has 2 N–H and O–H groups in total. The van der Waals surface area contributed by atoms with E-state index in [9.17, 15) is 18.4 Å². The first kappa shape index (κ1) is 24.8. The molecule has 2 aliphatic carbocycles. The quantitative estimate of drug-likeness (QED) is 0.440. The second-order valence-electron chi connectivity index (χ2n) is 10.0. The minimum absolute atomic E-state index is 0.00331. The van der Waals surface area contributed by atoms with Crippen LogP contribution in [0.15, 0.2) is 42.6 Å². The molecule has 2 saturated carbocycles. The number of aliphatic carboxylic acids is 1. The van der Waals surface area contributed by atoms with Gasteiger partial charge < -0.3 is 15.2 Å². The van der Waals surface area contributed by atoms with E-state index in [1.54, 1.807) is 36.0 Å². The number of benzene rings is 2. The number of rotatable bonds is 7. The second-order valence-corrected chi connectivity index (χ2v) is 10.0. The molecule has 2 fully saturated rings. The van der Waals surface area contributed by atoms with E-state index in [4.69, 9.17) is 5.11 Å². The van der Waals surface area contributed by atoms with Crippen molar-refractivity contribution in [2.45, 2.75) is 58.2 Å². The maximum atomic E-state index is 13.4. The van der Waals surface area contributed by atoms with Gasteiger partial charge in [-0.15, -0.1) is 5.92 Å². The average Bonchev–Trinajstić information content (AvgIpc) is 3.25. The molecule has 1 unspecified atom stereocenters. The van der Waals surface area contributed by atoms with Gasteiger partial charge in [-0.3, -0.25) is 14.3 Å². The van der Waals surface area contributed by atoms with E-state index in [-0.39, 0.29) is 35.1 Å². The fraction of sp³-hybridized carbons (Fsp3) is 0.393. The maximum absolute atomic E-state index is 13.4. The van der Waals surface area contributed by atoms with Gasteiger partial charge in [0.25, 0.3) is 5.91 Å². The summed E-state index contributed by atoms with van der Waals surface area (Å²) in [6.07, 6.45) is 4.61. The highest BCUT2D eigenvalue weighted by Crippen LogP contribution is 2.58. The molecule has 0 bridgehead atoms. The van der Waals surface area contributed by atoms with Gasteiger partial charge in [0.05, 0.1) is 29.2 Å². The fourth-order valence-corrected chi connectivity index (χ4v) is 5.80. The number of nitrogens with one attached hydrogen (secondary N) is 1. The normalized spacial score (nSPS) is 23.1. The number of carboxylic acids is 1. The summed E-state index contributed by atoms with van der Waals surface area (Å²) in [5, 5.41) is 17.6. The third-order valence-electron chi connectivity index (χ3n) is 7.62. The van der Waals surface area contributed by atoms with Crippen molar-refractivity contribution in [3.63, 3.8) is 0 Å². The van der Waals surface area contributed by atoms with Gasteiger partial charge in [-0.2, -0.15) is 13.9 Å². The number of carbonyl (C=O) groups is 2. The lowest BCUT2D eigenvalue weighted by molar-refractivity contribution is -0.155. The standard InChI is InChI=1S/C28H27F2N3O4/c1-3-4-18-7-10-22(25(34)32-20-13-28(14-20)11-19(12-28)26(35)36)24-23(18)15-31-33(24)16(2)17-5-8-21(9-6-17)37-27(29)30/h5-10,15-16,19-20,27H,11-14H2,1-2H3,(H,32,34)(H,35,36). The van der Waals surface area contributed by atoms with Crippen LogP contribution < -0.4 is 10.1 Å². The van der Waals surface area contributed by atoms with E-state index >= 15 is 0 Å². The van der Waals surface area contributed by atoms with Crippen molar-refractivity contribution in [3.8, 4) is 17.6 Å². The van der Waals surface area contributed by atoms with Crippen LogP contribution in [0.5, 0.6) is 5.75 Å². The molecule has 2 aromatic carbocycles. The molecule has 3 aromatic rings. The van der Waals surface area contributed by atoms with E-state index in [1.165, 1.54) is 12.1 Å². The number of carbonyl (C=O) groups excluding carboxylic acids is 1. The number of carboxylic acid groups (broad SMARTS) is 1. The number of hydrogen-bond donors (Lipinski definition) is 2. The Morgan fingerprint density at radius 1 is 1.16 bits per heavy atom. The molecule has 1 spiro atoms. The lowest BCUT2D eigenvalue weighted by Gasteiger charge is -2.56. The number of halogens is 2. The zero-order valence-electron chi connectivity index (χ0n) is 20.5. The van der Waals surface area contributed by atoms with Gasteiger partial charge in [-0.05, 0) is 74.8 Å². The molecule has 1 atom stereocenters.